The Morgan fingerprint density at radius 1 is 1.08 bits per heavy atom. The van der Waals surface area contributed by atoms with Crippen molar-refractivity contribution in [3.05, 3.63) is 81.6 Å². The Hall–Kier alpha value is -3.68. The van der Waals surface area contributed by atoms with Gasteiger partial charge in [-0.2, -0.15) is 9.78 Å². The second-order valence-corrected chi connectivity index (χ2v) is 9.52. The number of nitrogens with one attached hydrogen (secondary N) is 2. The van der Waals surface area contributed by atoms with Gasteiger partial charge < -0.3 is 15.7 Å². The summed E-state index contributed by atoms with van der Waals surface area (Å²) in [6.07, 6.45) is 3.07. The lowest BCUT2D eigenvalue weighted by Gasteiger charge is -2.34. The molecule has 0 saturated carbocycles. The summed E-state index contributed by atoms with van der Waals surface area (Å²) in [5.41, 5.74) is 4.38. The van der Waals surface area contributed by atoms with Gasteiger partial charge >= 0.3 is 6.03 Å². The molecule has 9 nitrogen and oxygen atoms in total. The smallest absolute Gasteiger partial charge is 0.341 e. The van der Waals surface area contributed by atoms with Crippen LogP contribution in [-0.4, -0.2) is 83.0 Å². The lowest BCUT2D eigenvalue weighted by molar-refractivity contribution is 0.102. The van der Waals surface area contributed by atoms with Crippen molar-refractivity contribution >= 4 is 29.2 Å². The number of amides is 2. The Labute approximate surface area is 227 Å². The summed E-state index contributed by atoms with van der Waals surface area (Å²) in [5.74, 6) is 5.84. The molecule has 1 aliphatic rings. The monoisotopic (exact) mass is 534 g/mol. The van der Waals surface area contributed by atoms with Crippen LogP contribution in [0.15, 0.2) is 48.8 Å². The number of aryl methyl sites for hydroxylation is 1. The first-order valence-corrected chi connectivity index (χ1v) is 12.8. The van der Waals surface area contributed by atoms with E-state index < -0.39 is 0 Å². The minimum absolute atomic E-state index is 0.180. The number of aromatic nitrogens is 2. The molecule has 198 valence electrons. The molecule has 1 fully saturated rings. The van der Waals surface area contributed by atoms with E-state index in [1.807, 2.05) is 31.2 Å². The zero-order valence-electron chi connectivity index (χ0n) is 21.5. The summed E-state index contributed by atoms with van der Waals surface area (Å²) in [4.78, 5) is 29.2. The maximum atomic E-state index is 12.9. The van der Waals surface area contributed by atoms with Crippen LogP contribution in [0.5, 0.6) is 0 Å². The van der Waals surface area contributed by atoms with Crippen LogP contribution in [0, 0.1) is 18.8 Å². The van der Waals surface area contributed by atoms with Gasteiger partial charge in [-0.1, -0.05) is 35.6 Å². The third kappa shape index (κ3) is 7.00. The van der Waals surface area contributed by atoms with Crippen molar-refractivity contribution in [3.8, 4) is 11.8 Å². The van der Waals surface area contributed by atoms with Crippen molar-refractivity contribution in [2.45, 2.75) is 13.5 Å². The Balaban J connectivity index is 1.39. The Bertz CT molecular complexity index is 1370. The number of piperazine rings is 1. The second kappa shape index (κ2) is 12.7. The van der Waals surface area contributed by atoms with Crippen LogP contribution in [0.25, 0.3) is 0 Å². The molecule has 0 aliphatic carbocycles. The van der Waals surface area contributed by atoms with Crippen molar-refractivity contribution < 1.29 is 14.7 Å². The first kappa shape index (κ1) is 27.4. The fourth-order valence-electron chi connectivity index (χ4n) is 4.16. The highest BCUT2D eigenvalue weighted by molar-refractivity contribution is 6.31. The number of aliphatic hydroxyl groups is 1. The lowest BCUT2D eigenvalue weighted by atomic mass is 10.1. The molecular formula is C28H31ClN6O3. The van der Waals surface area contributed by atoms with Gasteiger partial charge in [-0.05, 0) is 42.3 Å². The molecular weight excluding hydrogens is 504 g/mol. The molecule has 3 aromatic rings. The predicted molar refractivity (Wildman–Crippen MR) is 147 cm³/mol. The lowest BCUT2D eigenvalue weighted by Crippen LogP contribution is -2.46. The number of carbonyl (C=O) groups is 2. The van der Waals surface area contributed by atoms with Crippen molar-refractivity contribution in [2.75, 3.05) is 51.7 Å². The highest BCUT2D eigenvalue weighted by Crippen LogP contribution is 2.22. The highest BCUT2D eigenvalue weighted by Gasteiger charge is 2.18. The molecule has 0 spiro atoms. The number of nitrogens with zero attached hydrogens (tertiary/aromatic N) is 4. The Morgan fingerprint density at radius 2 is 1.84 bits per heavy atom. The van der Waals surface area contributed by atoms with Crippen molar-refractivity contribution in [1.29, 1.82) is 0 Å². The Kier molecular flexibility index (Phi) is 9.15. The van der Waals surface area contributed by atoms with Crippen LogP contribution in [0.4, 0.5) is 10.5 Å². The number of carbonyl (C=O) groups excluding carboxylic acids is 2. The van der Waals surface area contributed by atoms with E-state index in [0.717, 1.165) is 49.4 Å². The minimum atomic E-state index is -0.343. The largest absolute Gasteiger partial charge is 0.395 e. The minimum Gasteiger partial charge on any atom is -0.395 e. The second-order valence-electron chi connectivity index (χ2n) is 9.11. The standard InChI is InChI=1S/C28H31ClN6O3/c1-20-3-8-25(15-22(20)5-4-21-17-31-35(18-21)28(38)30-2)32-27(37)23-6-7-24(26(29)16-23)19-34-11-9-33(10-12-34)13-14-36/h3,6-8,15-18,36H,9-14,19H2,1-2H3,(H,30,38)(H,32,37). The maximum Gasteiger partial charge on any atom is 0.341 e. The summed E-state index contributed by atoms with van der Waals surface area (Å²) in [7, 11) is 1.53. The number of aliphatic hydroxyl groups excluding tert-OH is 1. The molecule has 4 rings (SSSR count). The van der Waals surface area contributed by atoms with Crippen LogP contribution in [0.1, 0.15) is 32.6 Å². The van der Waals surface area contributed by atoms with E-state index in [9.17, 15) is 9.59 Å². The fourth-order valence-corrected chi connectivity index (χ4v) is 4.40. The third-order valence-corrected chi connectivity index (χ3v) is 6.78. The van der Waals surface area contributed by atoms with Gasteiger partial charge in [0.05, 0.1) is 24.6 Å². The van der Waals surface area contributed by atoms with Gasteiger partial charge in [0, 0.05) is 68.2 Å². The molecule has 0 radical (unpaired) electrons. The van der Waals surface area contributed by atoms with E-state index in [1.54, 1.807) is 18.3 Å². The van der Waals surface area contributed by atoms with Crippen LogP contribution in [-0.2, 0) is 6.54 Å². The molecule has 2 amide bonds. The first-order chi connectivity index (χ1) is 18.4. The molecule has 0 bridgehead atoms. The van der Waals surface area contributed by atoms with E-state index in [2.05, 4.69) is 37.4 Å². The van der Waals surface area contributed by atoms with Crippen LogP contribution in [0.3, 0.4) is 0 Å². The average Bonchev–Trinajstić information content (AvgIpc) is 3.40. The van der Waals surface area contributed by atoms with Gasteiger partial charge in [-0.15, -0.1) is 0 Å². The van der Waals surface area contributed by atoms with Gasteiger partial charge in [-0.3, -0.25) is 14.6 Å². The average molecular weight is 535 g/mol. The van der Waals surface area contributed by atoms with Gasteiger partial charge in [-0.25, -0.2) is 4.79 Å². The molecule has 1 aliphatic heterocycles. The van der Waals surface area contributed by atoms with Crippen molar-refractivity contribution in [1.82, 2.24) is 24.9 Å². The number of benzene rings is 2. The molecule has 2 heterocycles. The highest BCUT2D eigenvalue weighted by atomic mass is 35.5. The fraction of sp³-hybridized carbons (Fsp3) is 0.321. The summed E-state index contributed by atoms with van der Waals surface area (Å²) < 4.78 is 1.18. The van der Waals surface area contributed by atoms with Crippen LogP contribution in [0.2, 0.25) is 5.02 Å². The number of hydrogen-bond donors (Lipinski definition) is 3. The molecule has 38 heavy (non-hydrogen) atoms. The van der Waals surface area contributed by atoms with Gasteiger partial charge in [0.2, 0.25) is 0 Å². The molecule has 2 aromatic carbocycles. The third-order valence-electron chi connectivity index (χ3n) is 6.43. The summed E-state index contributed by atoms with van der Waals surface area (Å²) in [6.45, 7) is 7.20. The number of anilines is 1. The van der Waals surface area contributed by atoms with E-state index >= 15 is 0 Å². The summed E-state index contributed by atoms with van der Waals surface area (Å²) in [5, 5.41) is 19.1. The molecule has 10 heteroatoms. The molecule has 3 N–H and O–H groups in total. The number of halogens is 1. The molecule has 0 unspecified atom stereocenters. The quantitative estimate of drug-likeness (QED) is 0.420. The molecule has 0 atom stereocenters. The van der Waals surface area contributed by atoms with E-state index in [1.165, 1.54) is 17.9 Å². The zero-order valence-corrected chi connectivity index (χ0v) is 22.3. The summed E-state index contributed by atoms with van der Waals surface area (Å²) in [6, 6.07) is 10.6. The number of β-amino-alcohol motifs (C(OH)–C–C–N with tert-alkyl or cyclic N) is 1. The number of hydrogen-bond acceptors (Lipinski definition) is 6. The SMILES string of the molecule is CNC(=O)n1cc(C#Cc2cc(NC(=O)c3ccc(CN4CCN(CCO)CC4)c(Cl)c3)ccc2C)cn1. The normalized spacial score (nSPS) is 14.0. The van der Waals surface area contributed by atoms with Crippen LogP contribution >= 0.6 is 11.6 Å². The number of rotatable bonds is 6. The zero-order chi connectivity index (χ0) is 27.1. The van der Waals surface area contributed by atoms with Gasteiger partial charge in [0.1, 0.15) is 0 Å². The van der Waals surface area contributed by atoms with Gasteiger partial charge in [0.15, 0.2) is 0 Å². The summed E-state index contributed by atoms with van der Waals surface area (Å²) >= 11 is 6.55. The van der Waals surface area contributed by atoms with E-state index in [0.29, 0.717) is 28.4 Å². The van der Waals surface area contributed by atoms with Crippen molar-refractivity contribution in [3.63, 3.8) is 0 Å². The first-order valence-electron chi connectivity index (χ1n) is 12.4. The topological polar surface area (TPSA) is 103 Å². The Morgan fingerprint density at radius 3 is 2.55 bits per heavy atom. The van der Waals surface area contributed by atoms with E-state index in [-0.39, 0.29) is 18.5 Å². The van der Waals surface area contributed by atoms with E-state index in [4.69, 9.17) is 16.7 Å². The molecule has 1 saturated heterocycles. The predicted octanol–water partition coefficient (Wildman–Crippen LogP) is 2.79. The van der Waals surface area contributed by atoms with Crippen LogP contribution < -0.4 is 10.6 Å². The van der Waals surface area contributed by atoms with Crippen molar-refractivity contribution in [2.24, 2.45) is 0 Å². The van der Waals surface area contributed by atoms with Gasteiger partial charge in [0.25, 0.3) is 5.91 Å². The molecule has 1 aromatic heterocycles. The maximum absolute atomic E-state index is 12.9.